The van der Waals surface area contributed by atoms with Crippen molar-refractivity contribution in [2.24, 2.45) is 5.41 Å². The van der Waals surface area contributed by atoms with Crippen LogP contribution in [0, 0.1) is 17.0 Å². The molecule has 7 nitrogen and oxygen atoms in total. The van der Waals surface area contributed by atoms with E-state index in [1.165, 1.54) is 4.90 Å². The van der Waals surface area contributed by atoms with E-state index in [1.54, 1.807) is 12.0 Å². The van der Waals surface area contributed by atoms with Crippen LogP contribution < -0.4 is 5.32 Å². The predicted octanol–water partition coefficient (Wildman–Crippen LogP) is 1.57. The summed E-state index contributed by atoms with van der Waals surface area (Å²) in [5.74, 6) is -2.34. The second-order valence-corrected chi connectivity index (χ2v) is 7.79. The lowest BCUT2D eigenvalue weighted by atomic mass is 9.75. The molecule has 1 unspecified atom stereocenters. The number of carbonyl (C=O) groups is 3. The molecule has 0 radical (unpaired) electrons. The van der Waals surface area contributed by atoms with Gasteiger partial charge in [0.15, 0.2) is 0 Å². The zero-order valence-corrected chi connectivity index (χ0v) is 17.2. The molecular weight excluding hydrogens is 396 g/mol. The van der Waals surface area contributed by atoms with Gasteiger partial charge < -0.3 is 19.9 Å². The number of likely N-dealkylation sites (tertiary alicyclic amines) is 2. The highest BCUT2D eigenvalue weighted by molar-refractivity contribution is 5.96. The standard InChI is InChI=1S/C21H27F2N3O4/c1-3-26-17(18(27)24-8-11-30-2)13-21(20(26)29)6-9-25(10-7-21)19(28)15-12-14(22)4-5-16(15)23/h4-5,12,17H,3,6-11,13H2,1-2H3,(H,24,27). The van der Waals surface area contributed by atoms with Crippen LogP contribution in [0.1, 0.15) is 36.5 Å². The van der Waals surface area contributed by atoms with Crippen LogP contribution in [0.3, 0.4) is 0 Å². The Morgan fingerprint density at radius 3 is 2.60 bits per heavy atom. The third-order valence-corrected chi connectivity index (χ3v) is 6.09. The number of nitrogens with zero attached hydrogens (tertiary/aromatic N) is 2. The van der Waals surface area contributed by atoms with Crippen molar-refractivity contribution >= 4 is 17.7 Å². The highest BCUT2D eigenvalue weighted by Crippen LogP contribution is 2.44. The molecule has 3 rings (SSSR count). The predicted molar refractivity (Wildman–Crippen MR) is 105 cm³/mol. The van der Waals surface area contributed by atoms with Gasteiger partial charge in [-0.1, -0.05) is 0 Å². The van der Waals surface area contributed by atoms with E-state index < -0.39 is 29.0 Å². The fourth-order valence-electron chi connectivity index (χ4n) is 4.39. The molecule has 0 aromatic heterocycles. The van der Waals surface area contributed by atoms with Crippen LogP contribution in [-0.2, 0) is 14.3 Å². The molecule has 1 aromatic rings. The Kier molecular flexibility index (Phi) is 6.70. The molecule has 1 N–H and O–H groups in total. The molecule has 9 heteroatoms. The molecule has 3 amide bonds. The number of rotatable bonds is 6. The summed E-state index contributed by atoms with van der Waals surface area (Å²) in [6.45, 7) is 3.49. The summed E-state index contributed by atoms with van der Waals surface area (Å²) in [6, 6.07) is 2.23. The molecule has 1 atom stereocenters. The van der Waals surface area contributed by atoms with Gasteiger partial charge in [-0.15, -0.1) is 0 Å². The third-order valence-electron chi connectivity index (χ3n) is 6.09. The van der Waals surface area contributed by atoms with Crippen LogP contribution >= 0.6 is 0 Å². The van der Waals surface area contributed by atoms with E-state index in [4.69, 9.17) is 4.74 Å². The molecule has 0 bridgehead atoms. The number of halogens is 2. The van der Waals surface area contributed by atoms with Crippen molar-refractivity contribution in [3.8, 4) is 0 Å². The zero-order chi connectivity index (χ0) is 21.9. The number of ether oxygens (including phenoxy) is 1. The minimum absolute atomic E-state index is 0.0825. The van der Waals surface area contributed by atoms with E-state index in [9.17, 15) is 23.2 Å². The summed E-state index contributed by atoms with van der Waals surface area (Å²) in [4.78, 5) is 41.4. The normalized spacial score (nSPS) is 20.7. The van der Waals surface area contributed by atoms with E-state index in [0.717, 1.165) is 18.2 Å². The molecular formula is C21H27F2N3O4. The summed E-state index contributed by atoms with van der Waals surface area (Å²) in [5.41, 5.74) is -1.02. The summed E-state index contributed by atoms with van der Waals surface area (Å²) in [7, 11) is 1.55. The lowest BCUT2D eigenvalue weighted by molar-refractivity contribution is -0.140. The van der Waals surface area contributed by atoms with Gasteiger partial charge >= 0.3 is 0 Å². The van der Waals surface area contributed by atoms with E-state index in [-0.39, 0.29) is 30.5 Å². The van der Waals surface area contributed by atoms with Gasteiger partial charge in [0, 0.05) is 33.3 Å². The number of hydrogen-bond donors (Lipinski definition) is 1. The van der Waals surface area contributed by atoms with Gasteiger partial charge in [-0.05, 0) is 44.4 Å². The number of hydrogen-bond acceptors (Lipinski definition) is 4. The van der Waals surface area contributed by atoms with Crippen molar-refractivity contribution in [2.75, 3.05) is 39.9 Å². The van der Waals surface area contributed by atoms with E-state index in [2.05, 4.69) is 5.32 Å². The van der Waals surface area contributed by atoms with Crippen molar-refractivity contribution in [3.05, 3.63) is 35.4 Å². The first-order valence-corrected chi connectivity index (χ1v) is 10.1. The molecule has 1 aromatic carbocycles. The van der Waals surface area contributed by atoms with Crippen LogP contribution in [-0.4, -0.2) is 73.5 Å². The maximum atomic E-state index is 14.0. The van der Waals surface area contributed by atoms with Gasteiger partial charge in [-0.3, -0.25) is 14.4 Å². The number of amides is 3. The molecule has 2 heterocycles. The largest absolute Gasteiger partial charge is 0.383 e. The van der Waals surface area contributed by atoms with Gasteiger partial charge in [0.25, 0.3) is 5.91 Å². The minimum Gasteiger partial charge on any atom is -0.383 e. The fourth-order valence-corrected chi connectivity index (χ4v) is 4.39. The van der Waals surface area contributed by atoms with Crippen molar-refractivity contribution in [3.63, 3.8) is 0 Å². The summed E-state index contributed by atoms with van der Waals surface area (Å²) >= 11 is 0. The van der Waals surface area contributed by atoms with E-state index in [0.29, 0.717) is 39.0 Å². The smallest absolute Gasteiger partial charge is 0.256 e. The zero-order valence-electron chi connectivity index (χ0n) is 17.2. The van der Waals surface area contributed by atoms with Crippen LogP contribution in [0.5, 0.6) is 0 Å². The molecule has 0 saturated carbocycles. The molecule has 164 valence electrons. The molecule has 30 heavy (non-hydrogen) atoms. The van der Waals surface area contributed by atoms with Crippen LogP contribution in [0.25, 0.3) is 0 Å². The molecule has 2 fully saturated rings. The Balaban J connectivity index is 1.69. The monoisotopic (exact) mass is 423 g/mol. The Labute approximate surface area is 174 Å². The molecule has 2 saturated heterocycles. The molecule has 2 aliphatic heterocycles. The van der Waals surface area contributed by atoms with Crippen molar-refractivity contribution in [2.45, 2.75) is 32.2 Å². The van der Waals surface area contributed by atoms with E-state index >= 15 is 0 Å². The van der Waals surface area contributed by atoms with Crippen molar-refractivity contribution in [1.29, 1.82) is 0 Å². The lowest BCUT2D eigenvalue weighted by Crippen LogP contribution is -2.47. The third kappa shape index (κ3) is 4.16. The molecule has 1 spiro atoms. The van der Waals surface area contributed by atoms with E-state index in [1.807, 2.05) is 6.92 Å². The Bertz CT molecular complexity index is 824. The number of nitrogens with one attached hydrogen (secondary N) is 1. The Hall–Kier alpha value is -2.55. The number of piperidine rings is 1. The molecule has 2 aliphatic rings. The maximum absolute atomic E-state index is 14.0. The van der Waals surface area contributed by atoms with Gasteiger partial charge in [0.05, 0.1) is 17.6 Å². The maximum Gasteiger partial charge on any atom is 0.256 e. The second kappa shape index (κ2) is 9.07. The average Bonchev–Trinajstić information content (AvgIpc) is 3.01. The quantitative estimate of drug-likeness (QED) is 0.705. The van der Waals surface area contributed by atoms with Gasteiger partial charge in [-0.2, -0.15) is 0 Å². The SMILES string of the molecule is CCN1C(=O)C2(CCN(C(=O)c3cc(F)ccc3F)CC2)CC1C(=O)NCCOC. The second-order valence-electron chi connectivity index (χ2n) is 7.79. The van der Waals surface area contributed by atoms with Crippen LogP contribution in [0.2, 0.25) is 0 Å². The average molecular weight is 423 g/mol. The minimum atomic E-state index is -0.774. The van der Waals surface area contributed by atoms with Gasteiger partial charge in [0.1, 0.15) is 17.7 Å². The van der Waals surface area contributed by atoms with Gasteiger partial charge in [-0.25, -0.2) is 8.78 Å². The highest BCUT2D eigenvalue weighted by Gasteiger charge is 2.54. The fraction of sp³-hybridized carbons (Fsp3) is 0.571. The van der Waals surface area contributed by atoms with Crippen molar-refractivity contribution < 1.29 is 27.9 Å². The number of benzene rings is 1. The Morgan fingerprint density at radius 1 is 1.27 bits per heavy atom. The summed E-state index contributed by atoms with van der Waals surface area (Å²) < 4.78 is 32.4. The summed E-state index contributed by atoms with van der Waals surface area (Å²) in [5, 5.41) is 2.79. The summed E-state index contributed by atoms with van der Waals surface area (Å²) in [6.07, 6.45) is 1.15. The Morgan fingerprint density at radius 2 is 1.97 bits per heavy atom. The van der Waals surface area contributed by atoms with Crippen LogP contribution in [0.15, 0.2) is 18.2 Å². The van der Waals surface area contributed by atoms with Crippen molar-refractivity contribution in [1.82, 2.24) is 15.1 Å². The highest BCUT2D eigenvalue weighted by atomic mass is 19.1. The first-order valence-electron chi connectivity index (χ1n) is 10.1. The topological polar surface area (TPSA) is 79.0 Å². The lowest BCUT2D eigenvalue weighted by Gasteiger charge is -2.37. The van der Waals surface area contributed by atoms with Crippen LogP contribution in [0.4, 0.5) is 8.78 Å². The number of carbonyl (C=O) groups excluding carboxylic acids is 3. The van der Waals surface area contributed by atoms with Gasteiger partial charge in [0.2, 0.25) is 11.8 Å². The first kappa shape index (κ1) is 22.1. The number of likely N-dealkylation sites (N-methyl/N-ethyl adjacent to an activating group) is 1. The molecule has 0 aliphatic carbocycles. The number of methoxy groups -OCH3 is 1. The first-order chi connectivity index (χ1) is 14.3.